The molecule has 2 aromatic rings. The Morgan fingerprint density at radius 3 is 2.86 bits per heavy atom. The fourth-order valence-electron chi connectivity index (χ4n) is 3.04. The molecule has 2 N–H and O–H groups in total. The summed E-state index contributed by atoms with van der Waals surface area (Å²) in [4.78, 5) is 40.4. The maximum atomic E-state index is 13.5. The molecule has 0 saturated carbocycles. The molecule has 1 fully saturated rings. The number of likely N-dealkylation sites (tertiary alicyclic amines) is 1. The molecule has 28 heavy (non-hydrogen) atoms. The standard InChI is InChI=1S/C18H15F2N5O3/c19-18(20)6-11(7-21)25(9-18)16(27)8-22-17(28)13-5-15(23-10-26)24-14-4-2-1-3-12(13)14/h1-5,10-11H,6,8-9H2,(H,22,28)(H,23,24,26)/t11-/m0/s1. The van der Waals surface area contributed by atoms with Gasteiger partial charge in [-0.2, -0.15) is 5.26 Å². The first kappa shape index (κ1) is 19.2. The van der Waals surface area contributed by atoms with Gasteiger partial charge >= 0.3 is 0 Å². The van der Waals surface area contributed by atoms with Gasteiger partial charge in [0.05, 0.1) is 30.2 Å². The summed E-state index contributed by atoms with van der Waals surface area (Å²) in [6.07, 6.45) is -0.309. The summed E-state index contributed by atoms with van der Waals surface area (Å²) < 4.78 is 26.9. The maximum absolute atomic E-state index is 13.5. The zero-order chi connectivity index (χ0) is 20.3. The molecule has 8 nitrogen and oxygen atoms in total. The van der Waals surface area contributed by atoms with Gasteiger partial charge < -0.3 is 15.5 Å². The molecule has 1 aromatic heterocycles. The Kier molecular flexibility index (Phi) is 5.17. The average molecular weight is 387 g/mol. The Morgan fingerprint density at radius 2 is 2.14 bits per heavy atom. The smallest absolute Gasteiger partial charge is 0.268 e. The highest BCUT2D eigenvalue weighted by atomic mass is 19.3. The van der Waals surface area contributed by atoms with Crippen molar-refractivity contribution in [2.45, 2.75) is 18.4 Å². The summed E-state index contributed by atoms with van der Waals surface area (Å²) in [6, 6.07) is 8.50. The number of hydrogen-bond donors (Lipinski definition) is 2. The molecule has 1 saturated heterocycles. The van der Waals surface area contributed by atoms with Crippen LogP contribution >= 0.6 is 0 Å². The normalized spacial score (nSPS) is 17.8. The number of para-hydroxylation sites is 1. The number of hydrogen-bond acceptors (Lipinski definition) is 5. The van der Waals surface area contributed by atoms with Crippen LogP contribution in [-0.2, 0) is 9.59 Å². The number of amides is 3. The maximum Gasteiger partial charge on any atom is 0.268 e. The highest BCUT2D eigenvalue weighted by Gasteiger charge is 2.47. The Labute approximate surface area is 158 Å². The van der Waals surface area contributed by atoms with Gasteiger partial charge in [-0.15, -0.1) is 0 Å². The van der Waals surface area contributed by atoms with Gasteiger partial charge in [0.25, 0.3) is 11.8 Å². The molecule has 0 radical (unpaired) electrons. The lowest BCUT2D eigenvalue weighted by Gasteiger charge is -2.19. The number of fused-ring (bicyclic) bond motifs is 1. The highest BCUT2D eigenvalue weighted by molar-refractivity contribution is 6.08. The zero-order valence-electron chi connectivity index (χ0n) is 14.5. The van der Waals surface area contributed by atoms with Gasteiger partial charge in [-0.05, 0) is 12.1 Å². The Morgan fingerprint density at radius 1 is 1.39 bits per heavy atom. The molecular weight excluding hydrogens is 372 g/mol. The summed E-state index contributed by atoms with van der Waals surface area (Å²) in [5.41, 5.74) is 0.612. The number of carbonyl (C=O) groups is 3. The van der Waals surface area contributed by atoms with Crippen LogP contribution in [0.1, 0.15) is 16.8 Å². The zero-order valence-corrected chi connectivity index (χ0v) is 14.5. The van der Waals surface area contributed by atoms with Crippen LogP contribution in [0.15, 0.2) is 30.3 Å². The van der Waals surface area contributed by atoms with Crippen molar-refractivity contribution < 1.29 is 23.2 Å². The third-order valence-corrected chi connectivity index (χ3v) is 4.31. The van der Waals surface area contributed by atoms with Crippen molar-refractivity contribution >= 4 is 34.9 Å². The highest BCUT2D eigenvalue weighted by Crippen LogP contribution is 2.31. The Balaban J connectivity index is 1.77. The lowest BCUT2D eigenvalue weighted by molar-refractivity contribution is -0.131. The number of nitrogens with one attached hydrogen (secondary N) is 2. The van der Waals surface area contributed by atoms with Crippen LogP contribution in [0.5, 0.6) is 0 Å². The third-order valence-electron chi connectivity index (χ3n) is 4.31. The average Bonchev–Trinajstić information content (AvgIpc) is 3.00. The number of alkyl halides is 2. The summed E-state index contributed by atoms with van der Waals surface area (Å²) in [5.74, 6) is -4.40. The van der Waals surface area contributed by atoms with Crippen LogP contribution in [0, 0.1) is 11.3 Å². The Bertz CT molecular complexity index is 989. The van der Waals surface area contributed by atoms with Crippen LogP contribution in [0.2, 0.25) is 0 Å². The van der Waals surface area contributed by atoms with E-state index in [0.29, 0.717) is 17.3 Å². The minimum Gasteiger partial charge on any atom is -0.343 e. The van der Waals surface area contributed by atoms with Crippen LogP contribution in [-0.4, -0.2) is 53.2 Å². The summed E-state index contributed by atoms with van der Waals surface area (Å²) >= 11 is 0. The SMILES string of the molecule is N#C[C@@H]1CC(F)(F)CN1C(=O)CNC(=O)c1cc(NC=O)nc2ccccc12. The number of anilines is 1. The third kappa shape index (κ3) is 3.88. The minimum absolute atomic E-state index is 0.147. The van der Waals surface area contributed by atoms with Gasteiger partial charge in [0.2, 0.25) is 12.3 Å². The van der Waals surface area contributed by atoms with E-state index >= 15 is 0 Å². The lowest BCUT2D eigenvalue weighted by atomic mass is 10.1. The number of nitriles is 1. The molecule has 3 amide bonds. The number of aromatic nitrogens is 1. The molecule has 0 unspecified atom stereocenters. The van der Waals surface area contributed by atoms with Crippen LogP contribution < -0.4 is 10.6 Å². The van der Waals surface area contributed by atoms with Gasteiger partial charge in [0, 0.05) is 11.8 Å². The van der Waals surface area contributed by atoms with E-state index in [2.05, 4.69) is 15.6 Å². The van der Waals surface area contributed by atoms with E-state index in [9.17, 15) is 23.2 Å². The topological polar surface area (TPSA) is 115 Å². The number of pyridine rings is 1. The second-order valence-electron chi connectivity index (χ2n) is 6.24. The van der Waals surface area contributed by atoms with Crippen molar-refractivity contribution in [2.24, 2.45) is 0 Å². The first-order chi connectivity index (χ1) is 13.3. The first-order valence-corrected chi connectivity index (χ1v) is 8.30. The van der Waals surface area contributed by atoms with E-state index in [1.54, 1.807) is 30.3 Å². The van der Waals surface area contributed by atoms with Crippen molar-refractivity contribution in [3.63, 3.8) is 0 Å². The van der Waals surface area contributed by atoms with Crippen LogP contribution in [0.25, 0.3) is 10.9 Å². The van der Waals surface area contributed by atoms with Crippen molar-refractivity contribution in [3.05, 3.63) is 35.9 Å². The number of benzene rings is 1. The van der Waals surface area contributed by atoms with Crippen molar-refractivity contribution in [3.8, 4) is 6.07 Å². The lowest BCUT2D eigenvalue weighted by Crippen LogP contribution is -2.43. The summed E-state index contributed by atoms with van der Waals surface area (Å²) in [5, 5.41) is 14.2. The minimum atomic E-state index is -3.13. The molecule has 1 aliphatic heterocycles. The summed E-state index contributed by atoms with van der Waals surface area (Å²) in [7, 11) is 0. The summed E-state index contributed by atoms with van der Waals surface area (Å²) in [6.45, 7) is -1.40. The van der Waals surface area contributed by atoms with Gasteiger partial charge in [0.15, 0.2) is 0 Å². The molecule has 1 atom stereocenters. The van der Waals surface area contributed by atoms with Gasteiger partial charge in [-0.3, -0.25) is 14.4 Å². The molecule has 1 aromatic carbocycles. The fourth-order valence-corrected chi connectivity index (χ4v) is 3.04. The number of rotatable bonds is 5. The van der Waals surface area contributed by atoms with E-state index < -0.39 is 43.3 Å². The fraction of sp³-hybridized carbons (Fsp3) is 0.278. The molecule has 0 spiro atoms. The van der Waals surface area contributed by atoms with E-state index in [1.807, 2.05) is 0 Å². The van der Waals surface area contributed by atoms with Crippen LogP contribution in [0.4, 0.5) is 14.6 Å². The van der Waals surface area contributed by atoms with Gasteiger partial charge in [-0.1, -0.05) is 18.2 Å². The second-order valence-corrected chi connectivity index (χ2v) is 6.24. The molecule has 0 aliphatic carbocycles. The molecule has 10 heteroatoms. The number of carbonyl (C=O) groups excluding carboxylic acids is 3. The van der Waals surface area contributed by atoms with Crippen molar-refractivity contribution in [1.82, 2.24) is 15.2 Å². The predicted molar refractivity (Wildman–Crippen MR) is 94.4 cm³/mol. The number of halogens is 2. The molecule has 1 aliphatic rings. The Hall–Kier alpha value is -3.61. The van der Waals surface area contributed by atoms with Crippen molar-refractivity contribution in [2.75, 3.05) is 18.4 Å². The van der Waals surface area contributed by atoms with Crippen LogP contribution in [0.3, 0.4) is 0 Å². The molecule has 3 rings (SSSR count). The van der Waals surface area contributed by atoms with Gasteiger partial charge in [-0.25, -0.2) is 13.8 Å². The van der Waals surface area contributed by atoms with Crippen molar-refractivity contribution in [1.29, 1.82) is 5.26 Å². The number of nitrogens with zero attached hydrogens (tertiary/aromatic N) is 3. The van der Waals surface area contributed by atoms with Gasteiger partial charge in [0.1, 0.15) is 11.9 Å². The molecule has 2 heterocycles. The van der Waals surface area contributed by atoms with E-state index in [0.717, 1.165) is 4.90 Å². The monoisotopic (exact) mass is 387 g/mol. The quantitative estimate of drug-likeness (QED) is 0.751. The predicted octanol–water partition coefficient (Wildman–Crippen LogP) is 1.29. The second kappa shape index (κ2) is 7.56. The molecular formula is C18H15F2N5O3. The van der Waals surface area contributed by atoms with E-state index in [1.165, 1.54) is 6.07 Å². The molecule has 0 bridgehead atoms. The largest absolute Gasteiger partial charge is 0.343 e. The first-order valence-electron chi connectivity index (χ1n) is 8.30. The molecule has 144 valence electrons. The van der Waals surface area contributed by atoms with E-state index in [-0.39, 0.29) is 11.4 Å². The van der Waals surface area contributed by atoms with E-state index in [4.69, 9.17) is 5.26 Å².